The molecule has 1 aliphatic rings. The standard InChI is InChI=1S/C20H28N2O5/c1-3-22(4-2)19(26)20(11-6-5-7-12-20)21-18(25)15-9-8-10-16(13-15)27-14-17(23)24/h8-10,13H,3-7,11-12,14H2,1-2H3,(H,21,25)(H,23,24). The van der Waals surface area contributed by atoms with Crippen LogP contribution in [0.25, 0.3) is 0 Å². The van der Waals surface area contributed by atoms with Gasteiger partial charge in [-0.05, 0) is 44.9 Å². The van der Waals surface area contributed by atoms with Gasteiger partial charge in [-0.3, -0.25) is 9.59 Å². The lowest BCUT2D eigenvalue weighted by Gasteiger charge is -2.40. The molecule has 1 fully saturated rings. The summed E-state index contributed by atoms with van der Waals surface area (Å²) in [5, 5.41) is 11.7. The highest BCUT2D eigenvalue weighted by Crippen LogP contribution is 2.31. The number of nitrogens with zero attached hydrogens (tertiary/aromatic N) is 1. The molecular weight excluding hydrogens is 348 g/mol. The first-order valence-corrected chi connectivity index (χ1v) is 9.48. The molecule has 1 aromatic rings. The fourth-order valence-electron chi connectivity index (χ4n) is 3.52. The van der Waals surface area contributed by atoms with E-state index >= 15 is 0 Å². The fourth-order valence-corrected chi connectivity index (χ4v) is 3.52. The van der Waals surface area contributed by atoms with Gasteiger partial charge in [0.2, 0.25) is 5.91 Å². The maximum absolute atomic E-state index is 13.1. The van der Waals surface area contributed by atoms with Crippen LogP contribution in [0.2, 0.25) is 0 Å². The Hall–Kier alpha value is -2.57. The molecule has 148 valence electrons. The zero-order valence-corrected chi connectivity index (χ0v) is 16.0. The van der Waals surface area contributed by atoms with Crippen LogP contribution in [0.15, 0.2) is 24.3 Å². The first-order chi connectivity index (χ1) is 12.9. The van der Waals surface area contributed by atoms with E-state index in [0.29, 0.717) is 37.2 Å². The van der Waals surface area contributed by atoms with Gasteiger partial charge in [0.1, 0.15) is 11.3 Å². The molecule has 2 N–H and O–H groups in total. The molecule has 0 unspecified atom stereocenters. The molecular formula is C20H28N2O5. The second kappa shape index (κ2) is 9.39. The van der Waals surface area contributed by atoms with E-state index < -0.39 is 18.1 Å². The van der Waals surface area contributed by atoms with Crippen LogP contribution in [0.1, 0.15) is 56.3 Å². The van der Waals surface area contributed by atoms with E-state index in [1.807, 2.05) is 13.8 Å². The zero-order valence-electron chi connectivity index (χ0n) is 16.0. The van der Waals surface area contributed by atoms with Gasteiger partial charge in [0.15, 0.2) is 6.61 Å². The van der Waals surface area contributed by atoms with Gasteiger partial charge in [0, 0.05) is 18.7 Å². The van der Waals surface area contributed by atoms with Crippen molar-refractivity contribution in [3.05, 3.63) is 29.8 Å². The van der Waals surface area contributed by atoms with Crippen LogP contribution in [0, 0.1) is 0 Å². The minimum Gasteiger partial charge on any atom is -0.482 e. The molecule has 1 saturated carbocycles. The van der Waals surface area contributed by atoms with Crippen molar-refractivity contribution in [2.45, 2.75) is 51.5 Å². The van der Waals surface area contributed by atoms with E-state index in [9.17, 15) is 14.4 Å². The molecule has 0 aliphatic heterocycles. The monoisotopic (exact) mass is 376 g/mol. The lowest BCUT2D eigenvalue weighted by atomic mass is 9.80. The first kappa shape index (κ1) is 20.7. The van der Waals surface area contributed by atoms with Gasteiger partial charge in [0.05, 0.1) is 0 Å². The molecule has 0 bridgehead atoms. The Morgan fingerprint density at radius 3 is 2.41 bits per heavy atom. The zero-order chi connectivity index (χ0) is 19.9. The molecule has 27 heavy (non-hydrogen) atoms. The summed E-state index contributed by atoms with van der Waals surface area (Å²) in [6.45, 7) is 4.60. The molecule has 1 aliphatic carbocycles. The summed E-state index contributed by atoms with van der Waals surface area (Å²) in [6, 6.07) is 6.35. The van der Waals surface area contributed by atoms with Gasteiger partial charge in [-0.1, -0.05) is 25.3 Å². The molecule has 2 rings (SSSR count). The summed E-state index contributed by atoms with van der Waals surface area (Å²) in [4.78, 5) is 38.4. The van der Waals surface area contributed by atoms with Crippen LogP contribution >= 0.6 is 0 Å². The molecule has 1 aromatic carbocycles. The number of carboxylic acid groups (broad SMARTS) is 1. The molecule has 7 heteroatoms. The quantitative estimate of drug-likeness (QED) is 0.726. The summed E-state index contributed by atoms with van der Waals surface area (Å²) >= 11 is 0. The number of rotatable bonds is 8. The summed E-state index contributed by atoms with van der Waals surface area (Å²) in [7, 11) is 0. The number of hydrogen-bond donors (Lipinski definition) is 2. The van der Waals surface area contributed by atoms with E-state index in [2.05, 4.69) is 5.32 Å². The molecule has 0 heterocycles. The number of carbonyl (C=O) groups excluding carboxylic acids is 2. The minimum absolute atomic E-state index is 0.0289. The maximum atomic E-state index is 13.1. The Labute approximate surface area is 159 Å². The van der Waals surface area contributed by atoms with Gasteiger partial charge in [-0.2, -0.15) is 0 Å². The van der Waals surface area contributed by atoms with Gasteiger partial charge >= 0.3 is 5.97 Å². The fraction of sp³-hybridized carbons (Fsp3) is 0.550. The highest BCUT2D eigenvalue weighted by atomic mass is 16.5. The molecule has 0 saturated heterocycles. The summed E-state index contributed by atoms with van der Waals surface area (Å²) in [5.41, 5.74) is -0.533. The van der Waals surface area contributed by atoms with Crippen molar-refractivity contribution in [2.24, 2.45) is 0 Å². The van der Waals surface area contributed by atoms with Crippen LogP contribution in [0.4, 0.5) is 0 Å². The Kier molecular flexibility index (Phi) is 7.21. The molecule has 0 radical (unpaired) electrons. The Balaban J connectivity index is 2.20. The molecule has 0 aromatic heterocycles. The number of benzene rings is 1. The van der Waals surface area contributed by atoms with E-state index in [4.69, 9.17) is 9.84 Å². The normalized spacial score (nSPS) is 15.6. The number of hydrogen-bond acceptors (Lipinski definition) is 4. The second-order valence-electron chi connectivity index (χ2n) is 6.78. The van der Waals surface area contributed by atoms with Gasteiger partial charge < -0.3 is 20.1 Å². The molecule has 0 atom stereocenters. The van der Waals surface area contributed by atoms with E-state index in [-0.39, 0.29) is 11.8 Å². The van der Waals surface area contributed by atoms with Crippen molar-refractivity contribution in [3.63, 3.8) is 0 Å². The number of carboxylic acids is 1. The van der Waals surface area contributed by atoms with Crippen LogP contribution in [0.3, 0.4) is 0 Å². The number of amides is 2. The second-order valence-corrected chi connectivity index (χ2v) is 6.78. The van der Waals surface area contributed by atoms with Crippen LogP contribution in [-0.2, 0) is 9.59 Å². The summed E-state index contributed by atoms with van der Waals surface area (Å²) in [6.07, 6.45) is 4.11. The van der Waals surface area contributed by atoms with Crippen molar-refractivity contribution in [1.29, 1.82) is 0 Å². The van der Waals surface area contributed by atoms with Crippen LogP contribution in [0.5, 0.6) is 5.75 Å². The largest absolute Gasteiger partial charge is 0.482 e. The number of carbonyl (C=O) groups is 3. The van der Waals surface area contributed by atoms with Gasteiger partial charge in [-0.15, -0.1) is 0 Å². The lowest BCUT2D eigenvalue weighted by molar-refractivity contribution is -0.140. The highest BCUT2D eigenvalue weighted by Gasteiger charge is 2.42. The van der Waals surface area contributed by atoms with E-state index in [1.54, 1.807) is 23.1 Å². The highest BCUT2D eigenvalue weighted by molar-refractivity contribution is 5.99. The Bertz CT molecular complexity index is 679. The smallest absolute Gasteiger partial charge is 0.341 e. The van der Waals surface area contributed by atoms with Crippen LogP contribution < -0.4 is 10.1 Å². The first-order valence-electron chi connectivity index (χ1n) is 9.48. The van der Waals surface area contributed by atoms with Gasteiger partial charge in [-0.25, -0.2) is 4.79 Å². The number of ether oxygens (including phenoxy) is 1. The summed E-state index contributed by atoms with van der Waals surface area (Å²) < 4.78 is 5.14. The number of aliphatic carboxylic acids is 1. The third-order valence-electron chi connectivity index (χ3n) is 4.98. The predicted octanol–water partition coefficient (Wildman–Crippen LogP) is 2.45. The third-order valence-corrected chi connectivity index (χ3v) is 4.98. The third kappa shape index (κ3) is 5.21. The van der Waals surface area contributed by atoms with Crippen LogP contribution in [-0.4, -0.2) is 53.0 Å². The van der Waals surface area contributed by atoms with Crippen molar-refractivity contribution in [3.8, 4) is 5.75 Å². The van der Waals surface area contributed by atoms with E-state index in [1.165, 1.54) is 6.07 Å². The average molecular weight is 376 g/mol. The van der Waals surface area contributed by atoms with Crippen molar-refractivity contribution in [2.75, 3.05) is 19.7 Å². The topological polar surface area (TPSA) is 95.9 Å². The Morgan fingerprint density at radius 2 is 1.81 bits per heavy atom. The van der Waals surface area contributed by atoms with Crippen molar-refractivity contribution < 1.29 is 24.2 Å². The van der Waals surface area contributed by atoms with Gasteiger partial charge in [0.25, 0.3) is 5.91 Å². The van der Waals surface area contributed by atoms with Crippen molar-refractivity contribution in [1.82, 2.24) is 10.2 Å². The number of likely N-dealkylation sites (N-methyl/N-ethyl adjacent to an activating group) is 1. The van der Waals surface area contributed by atoms with E-state index in [0.717, 1.165) is 19.3 Å². The predicted molar refractivity (Wildman–Crippen MR) is 101 cm³/mol. The Morgan fingerprint density at radius 1 is 1.15 bits per heavy atom. The molecule has 2 amide bonds. The lowest BCUT2D eigenvalue weighted by Crippen LogP contribution is -2.60. The summed E-state index contributed by atoms with van der Waals surface area (Å²) in [5.74, 6) is -1.16. The average Bonchev–Trinajstić information content (AvgIpc) is 2.68. The maximum Gasteiger partial charge on any atom is 0.341 e. The minimum atomic E-state index is -1.09. The van der Waals surface area contributed by atoms with Crippen molar-refractivity contribution >= 4 is 17.8 Å². The number of nitrogens with one attached hydrogen (secondary N) is 1. The molecule has 7 nitrogen and oxygen atoms in total. The SMILES string of the molecule is CCN(CC)C(=O)C1(NC(=O)c2cccc(OCC(=O)O)c2)CCCCC1. The molecule has 0 spiro atoms.